The molecule has 0 bridgehead atoms. The molecule has 16 heavy (non-hydrogen) atoms. The molecule has 0 aromatic heterocycles. The Balaban J connectivity index is 2.11. The molecule has 4 N–H and O–H groups in total. The third-order valence-electron chi connectivity index (χ3n) is 2.67. The van der Waals surface area contributed by atoms with E-state index in [1.807, 2.05) is 7.05 Å². The van der Waals surface area contributed by atoms with Crippen LogP contribution in [0, 0.1) is 0 Å². The molecule has 0 saturated heterocycles. The van der Waals surface area contributed by atoms with Gasteiger partial charge in [-0.25, -0.2) is 0 Å². The van der Waals surface area contributed by atoms with E-state index in [1.165, 1.54) is 12.8 Å². The number of carbonyl (C=O) groups is 2. The van der Waals surface area contributed by atoms with Crippen LogP contribution in [0.3, 0.4) is 0 Å². The highest BCUT2D eigenvalue weighted by atomic mass is 16.4. The fourth-order valence-corrected chi connectivity index (χ4v) is 1.47. The van der Waals surface area contributed by atoms with Gasteiger partial charge in [0.1, 0.15) is 0 Å². The average molecular weight is 229 g/mol. The molecule has 1 atom stereocenters. The number of amides is 1. The van der Waals surface area contributed by atoms with Crippen LogP contribution in [-0.2, 0) is 9.59 Å². The third kappa shape index (κ3) is 4.59. The van der Waals surface area contributed by atoms with Crippen molar-refractivity contribution >= 4 is 11.9 Å². The molecule has 1 aliphatic carbocycles. The Morgan fingerprint density at radius 3 is 2.69 bits per heavy atom. The molecular weight excluding hydrogens is 210 g/mol. The van der Waals surface area contributed by atoms with Crippen LogP contribution < -0.4 is 11.1 Å². The zero-order valence-electron chi connectivity index (χ0n) is 9.48. The average Bonchev–Trinajstić information content (AvgIpc) is 2.99. The molecular formula is C10H19N3O3. The minimum absolute atomic E-state index is 0.329. The number of nitrogens with zero attached hydrogens (tertiary/aromatic N) is 1. The Hall–Kier alpha value is -1.14. The zero-order valence-corrected chi connectivity index (χ0v) is 9.48. The first kappa shape index (κ1) is 12.9. The van der Waals surface area contributed by atoms with Gasteiger partial charge in [0.25, 0.3) is 0 Å². The Morgan fingerprint density at radius 1 is 1.56 bits per heavy atom. The van der Waals surface area contributed by atoms with Crippen LogP contribution in [0.25, 0.3) is 0 Å². The third-order valence-corrected chi connectivity index (χ3v) is 2.67. The predicted octanol–water partition coefficient (Wildman–Crippen LogP) is -1.00. The largest absolute Gasteiger partial charge is 0.481 e. The minimum Gasteiger partial charge on any atom is -0.481 e. The number of hydrogen-bond acceptors (Lipinski definition) is 4. The summed E-state index contributed by atoms with van der Waals surface area (Å²) in [6.45, 7) is 1.29. The number of likely N-dealkylation sites (N-methyl/N-ethyl adjacent to an activating group) is 1. The topological polar surface area (TPSA) is 95.7 Å². The van der Waals surface area contributed by atoms with Crippen LogP contribution in [-0.4, -0.2) is 54.1 Å². The van der Waals surface area contributed by atoms with Gasteiger partial charge < -0.3 is 21.1 Å². The summed E-state index contributed by atoms with van der Waals surface area (Å²) in [5.41, 5.74) is 5.40. The second-order valence-corrected chi connectivity index (χ2v) is 4.21. The maximum absolute atomic E-state index is 11.3. The van der Waals surface area contributed by atoms with E-state index in [0.717, 1.165) is 6.54 Å². The van der Waals surface area contributed by atoms with Gasteiger partial charge in [-0.3, -0.25) is 9.59 Å². The molecule has 6 heteroatoms. The maximum Gasteiger partial charge on any atom is 0.305 e. The van der Waals surface area contributed by atoms with E-state index >= 15 is 0 Å². The van der Waals surface area contributed by atoms with Crippen molar-refractivity contribution in [3.05, 3.63) is 0 Å². The number of carboxylic acids is 1. The maximum atomic E-state index is 11.3. The monoisotopic (exact) mass is 229 g/mol. The Morgan fingerprint density at radius 2 is 2.19 bits per heavy atom. The Bertz CT molecular complexity index is 266. The highest BCUT2D eigenvalue weighted by molar-refractivity contribution is 5.85. The summed E-state index contributed by atoms with van der Waals surface area (Å²) in [5.74, 6) is -1.45. The second kappa shape index (κ2) is 5.81. The molecule has 1 aliphatic rings. The van der Waals surface area contributed by atoms with Crippen molar-refractivity contribution in [1.29, 1.82) is 0 Å². The van der Waals surface area contributed by atoms with E-state index in [2.05, 4.69) is 10.2 Å². The van der Waals surface area contributed by atoms with E-state index in [-0.39, 0.29) is 6.42 Å². The van der Waals surface area contributed by atoms with Crippen molar-refractivity contribution in [2.45, 2.75) is 31.3 Å². The molecule has 6 nitrogen and oxygen atoms in total. The molecule has 1 amide bonds. The molecule has 0 radical (unpaired) electrons. The molecule has 92 valence electrons. The van der Waals surface area contributed by atoms with E-state index in [1.54, 1.807) is 0 Å². The van der Waals surface area contributed by atoms with E-state index < -0.39 is 17.9 Å². The Labute approximate surface area is 94.8 Å². The van der Waals surface area contributed by atoms with Crippen LogP contribution in [0.15, 0.2) is 0 Å². The number of carboxylic acid groups (broad SMARTS) is 1. The lowest BCUT2D eigenvalue weighted by Crippen LogP contribution is -2.44. The van der Waals surface area contributed by atoms with Crippen molar-refractivity contribution in [2.75, 3.05) is 20.1 Å². The number of hydrogen-bond donors (Lipinski definition) is 3. The van der Waals surface area contributed by atoms with E-state index in [4.69, 9.17) is 10.8 Å². The van der Waals surface area contributed by atoms with Gasteiger partial charge in [0.05, 0.1) is 12.5 Å². The van der Waals surface area contributed by atoms with Gasteiger partial charge in [0.15, 0.2) is 0 Å². The number of nitrogens with two attached hydrogens (primary N) is 1. The van der Waals surface area contributed by atoms with Crippen LogP contribution in [0.5, 0.6) is 0 Å². The fourth-order valence-electron chi connectivity index (χ4n) is 1.47. The molecule has 0 spiro atoms. The summed E-state index contributed by atoms with van der Waals surface area (Å²) in [6, 6.07) is -0.298. The lowest BCUT2D eigenvalue weighted by Gasteiger charge is -2.16. The fraction of sp³-hybridized carbons (Fsp3) is 0.800. The van der Waals surface area contributed by atoms with E-state index in [0.29, 0.717) is 12.6 Å². The van der Waals surface area contributed by atoms with Gasteiger partial charge in [-0.1, -0.05) is 0 Å². The lowest BCUT2D eigenvalue weighted by molar-refractivity contribution is -0.139. The predicted molar refractivity (Wildman–Crippen MR) is 58.9 cm³/mol. The Kier molecular flexibility index (Phi) is 4.70. The summed E-state index contributed by atoms with van der Waals surface area (Å²) in [5, 5.41) is 11.1. The van der Waals surface area contributed by atoms with Crippen molar-refractivity contribution < 1.29 is 14.7 Å². The quantitative estimate of drug-likeness (QED) is 0.520. The van der Waals surface area contributed by atoms with Gasteiger partial charge in [0, 0.05) is 19.1 Å². The van der Waals surface area contributed by atoms with Gasteiger partial charge in [0.2, 0.25) is 5.91 Å². The zero-order chi connectivity index (χ0) is 12.1. The van der Waals surface area contributed by atoms with Gasteiger partial charge >= 0.3 is 5.97 Å². The van der Waals surface area contributed by atoms with Crippen LogP contribution in [0.4, 0.5) is 0 Å². The number of nitrogens with one attached hydrogen (secondary N) is 1. The summed E-state index contributed by atoms with van der Waals surface area (Å²) >= 11 is 0. The summed E-state index contributed by atoms with van der Waals surface area (Å²) in [6.07, 6.45) is 2.12. The van der Waals surface area contributed by atoms with Crippen LogP contribution in [0.2, 0.25) is 0 Å². The highest BCUT2D eigenvalue weighted by Gasteiger charge is 2.25. The highest BCUT2D eigenvalue weighted by Crippen LogP contribution is 2.24. The molecule has 0 aromatic rings. The molecule has 1 unspecified atom stereocenters. The van der Waals surface area contributed by atoms with Gasteiger partial charge in [-0.05, 0) is 19.9 Å². The summed E-state index contributed by atoms with van der Waals surface area (Å²) in [4.78, 5) is 23.8. The van der Waals surface area contributed by atoms with Gasteiger partial charge in [-0.2, -0.15) is 0 Å². The number of carbonyl (C=O) groups excluding carboxylic acids is 1. The molecule has 0 aliphatic heterocycles. The smallest absolute Gasteiger partial charge is 0.305 e. The first-order valence-electron chi connectivity index (χ1n) is 5.46. The normalized spacial score (nSPS) is 17.2. The first-order chi connectivity index (χ1) is 7.50. The number of rotatable bonds is 7. The standard InChI is InChI=1S/C10H19N3O3/c1-13(7-2-3-7)5-4-12-10(16)8(11)6-9(14)15/h7-8H,2-6,11H2,1H3,(H,12,16)(H,14,15). The minimum atomic E-state index is -1.06. The molecule has 0 aromatic carbocycles. The molecule has 1 rings (SSSR count). The lowest BCUT2D eigenvalue weighted by atomic mass is 10.2. The van der Waals surface area contributed by atoms with Crippen molar-refractivity contribution in [3.63, 3.8) is 0 Å². The second-order valence-electron chi connectivity index (χ2n) is 4.21. The molecule has 1 fully saturated rings. The van der Waals surface area contributed by atoms with Crippen LogP contribution in [0.1, 0.15) is 19.3 Å². The summed E-state index contributed by atoms with van der Waals surface area (Å²) in [7, 11) is 2.01. The van der Waals surface area contributed by atoms with Crippen molar-refractivity contribution in [2.24, 2.45) is 5.73 Å². The SMILES string of the molecule is CN(CCNC(=O)C(N)CC(=O)O)C1CC1. The van der Waals surface area contributed by atoms with Gasteiger partial charge in [-0.15, -0.1) is 0 Å². The number of aliphatic carboxylic acids is 1. The molecule has 1 saturated carbocycles. The summed E-state index contributed by atoms with van der Waals surface area (Å²) < 4.78 is 0. The first-order valence-corrected chi connectivity index (χ1v) is 5.46. The van der Waals surface area contributed by atoms with Crippen LogP contribution >= 0.6 is 0 Å². The molecule has 0 heterocycles. The van der Waals surface area contributed by atoms with Crippen molar-refractivity contribution in [1.82, 2.24) is 10.2 Å². The van der Waals surface area contributed by atoms with Crippen molar-refractivity contribution in [3.8, 4) is 0 Å². The van der Waals surface area contributed by atoms with E-state index in [9.17, 15) is 9.59 Å².